The fraction of sp³-hybridized carbons (Fsp3) is 0.667. The van der Waals surface area contributed by atoms with Gasteiger partial charge in [0.15, 0.2) is 15.8 Å². The van der Waals surface area contributed by atoms with E-state index < -0.39 is 9.84 Å². The molecule has 1 aliphatic rings. The summed E-state index contributed by atoms with van der Waals surface area (Å²) in [5.74, 6) is 1.83. The predicted octanol–water partition coefficient (Wildman–Crippen LogP) is 3.55. The number of aliphatic imine (C=N–C) groups is 1. The van der Waals surface area contributed by atoms with Gasteiger partial charge in [0.25, 0.3) is 0 Å². The molecule has 0 aliphatic heterocycles. The molecule has 0 amide bonds. The topological polar surface area (TPSA) is 70.6 Å². The molecule has 2 rings (SSSR count). The van der Waals surface area contributed by atoms with E-state index in [9.17, 15) is 8.42 Å². The van der Waals surface area contributed by atoms with Crippen molar-refractivity contribution in [3.05, 3.63) is 29.8 Å². The normalized spacial score (nSPS) is 15.9. The molecule has 0 bridgehead atoms. The molecule has 1 saturated carbocycles. The van der Waals surface area contributed by atoms with E-state index in [0.29, 0.717) is 4.90 Å². The largest absolute Gasteiger partial charge is 0.357 e. The first-order valence-corrected chi connectivity index (χ1v) is 12.2. The van der Waals surface area contributed by atoms with Crippen molar-refractivity contribution >= 4 is 15.8 Å². The molecule has 1 fully saturated rings. The minimum Gasteiger partial charge on any atom is -0.357 e. The molecule has 0 unspecified atom stereocenters. The van der Waals surface area contributed by atoms with Gasteiger partial charge in [-0.15, -0.1) is 0 Å². The number of benzene rings is 1. The summed E-state index contributed by atoms with van der Waals surface area (Å²) in [6, 6.07) is 7.11. The summed E-state index contributed by atoms with van der Waals surface area (Å²) in [6.45, 7) is 4.55. The number of guanidine groups is 1. The summed E-state index contributed by atoms with van der Waals surface area (Å²) in [5, 5.41) is 6.66. The van der Waals surface area contributed by atoms with Gasteiger partial charge in [-0.05, 0) is 43.4 Å². The average Bonchev–Trinajstić information content (AvgIpc) is 3.14. The molecule has 0 heterocycles. The highest BCUT2D eigenvalue weighted by atomic mass is 32.2. The standard InChI is InChI=1S/C21H35N3O2S/c1-3-22-21(23-16-7-6-10-18-8-4-5-9-18)24-17-15-19-11-13-20(14-12-19)27(2,25)26/h11-14,18H,3-10,15-17H2,1-2H3,(H2,22,23,24). The van der Waals surface area contributed by atoms with Crippen LogP contribution in [-0.2, 0) is 16.3 Å². The predicted molar refractivity (Wildman–Crippen MR) is 113 cm³/mol. The molecule has 6 heteroatoms. The Kier molecular flexibility index (Phi) is 9.11. The van der Waals surface area contributed by atoms with Gasteiger partial charge in [-0.3, -0.25) is 4.99 Å². The van der Waals surface area contributed by atoms with Crippen molar-refractivity contribution in [3.8, 4) is 0 Å². The average molecular weight is 394 g/mol. The number of sulfone groups is 1. The first-order chi connectivity index (χ1) is 13.0. The molecular weight excluding hydrogens is 358 g/mol. The van der Waals surface area contributed by atoms with Crippen LogP contribution >= 0.6 is 0 Å². The van der Waals surface area contributed by atoms with E-state index in [0.717, 1.165) is 49.9 Å². The third kappa shape index (κ3) is 8.33. The molecule has 0 saturated heterocycles. The number of unbranched alkanes of at least 4 members (excludes halogenated alkanes) is 1. The van der Waals surface area contributed by atoms with Crippen LogP contribution < -0.4 is 10.6 Å². The first kappa shape index (κ1) is 21.7. The zero-order chi connectivity index (χ0) is 19.5. The molecule has 0 radical (unpaired) electrons. The Morgan fingerprint density at radius 3 is 2.44 bits per heavy atom. The second-order valence-corrected chi connectivity index (χ2v) is 9.52. The van der Waals surface area contributed by atoms with Crippen molar-refractivity contribution in [2.75, 3.05) is 25.9 Å². The van der Waals surface area contributed by atoms with Crippen LogP contribution in [0.2, 0.25) is 0 Å². The van der Waals surface area contributed by atoms with Gasteiger partial charge < -0.3 is 10.6 Å². The molecule has 1 aromatic rings. The fourth-order valence-corrected chi connectivity index (χ4v) is 4.24. The van der Waals surface area contributed by atoms with Gasteiger partial charge >= 0.3 is 0 Å². The number of nitrogens with zero attached hydrogens (tertiary/aromatic N) is 1. The molecule has 5 nitrogen and oxygen atoms in total. The number of nitrogens with one attached hydrogen (secondary N) is 2. The summed E-state index contributed by atoms with van der Waals surface area (Å²) < 4.78 is 23.0. The Hall–Kier alpha value is -1.56. The number of hydrogen-bond acceptors (Lipinski definition) is 3. The Labute approximate surface area is 165 Å². The molecule has 0 atom stereocenters. The van der Waals surface area contributed by atoms with Gasteiger partial charge in [0.05, 0.1) is 4.90 Å². The molecule has 1 aromatic carbocycles. The monoisotopic (exact) mass is 393 g/mol. The van der Waals surface area contributed by atoms with Gasteiger partial charge in [-0.2, -0.15) is 0 Å². The number of rotatable bonds is 10. The maximum absolute atomic E-state index is 11.5. The lowest BCUT2D eigenvalue weighted by atomic mass is 10.0. The van der Waals surface area contributed by atoms with Gasteiger partial charge in [0.1, 0.15) is 0 Å². The van der Waals surface area contributed by atoms with E-state index in [1.54, 1.807) is 12.1 Å². The van der Waals surface area contributed by atoms with Crippen molar-refractivity contribution in [2.24, 2.45) is 10.9 Å². The zero-order valence-corrected chi connectivity index (χ0v) is 17.7. The van der Waals surface area contributed by atoms with E-state index in [1.165, 1.54) is 44.8 Å². The number of hydrogen-bond donors (Lipinski definition) is 2. The van der Waals surface area contributed by atoms with Crippen LogP contribution in [0, 0.1) is 5.92 Å². The van der Waals surface area contributed by atoms with Crippen LogP contribution in [0.4, 0.5) is 0 Å². The zero-order valence-electron chi connectivity index (χ0n) is 16.8. The van der Waals surface area contributed by atoms with Crippen LogP contribution in [0.15, 0.2) is 34.2 Å². The SMILES string of the molecule is CCNC(=NCCCCC1CCCC1)NCCc1ccc(S(C)(=O)=O)cc1. The highest BCUT2D eigenvalue weighted by Gasteiger charge is 2.13. The smallest absolute Gasteiger partial charge is 0.191 e. The summed E-state index contributed by atoms with van der Waals surface area (Å²) in [4.78, 5) is 5.04. The van der Waals surface area contributed by atoms with Gasteiger partial charge in [-0.1, -0.05) is 50.7 Å². The minimum atomic E-state index is -3.13. The summed E-state index contributed by atoms with van der Waals surface area (Å²) in [6.07, 6.45) is 11.6. The van der Waals surface area contributed by atoms with E-state index in [1.807, 2.05) is 12.1 Å². The van der Waals surface area contributed by atoms with Gasteiger partial charge in [0.2, 0.25) is 0 Å². The van der Waals surface area contributed by atoms with Gasteiger partial charge in [-0.25, -0.2) is 8.42 Å². The lowest BCUT2D eigenvalue weighted by Crippen LogP contribution is -2.38. The molecule has 2 N–H and O–H groups in total. The highest BCUT2D eigenvalue weighted by Crippen LogP contribution is 2.28. The molecule has 1 aliphatic carbocycles. The Balaban J connectivity index is 1.69. The summed E-state index contributed by atoms with van der Waals surface area (Å²) in [5.41, 5.74) is 1.11. The van der Waals surface area contributed by atoms with Crippen molar-refractivity contribution < 1.29 is 8.42 Å². The second kappa shape index (κ2) is 11.3. The van der Waals surface area contributed by atoms with Gasteiger partial charge in [0, 0.05) is 25.9 Å². The maximum atomic E-state index is 11.5. The van der Waals surface area contributed by atoms with Crippen LogP contribution in [-0.4, -0.2) is 40.3 Å². The minimum absolute atomic E-state index is 0.367. The second-order valence-electron chi connectivity index (χ2n) is 7.50. The van der Waals surface area contributed by atoms with Crippen LogP contribution in [0.5, 0.6) is 0 Å². The van der Waals surface area contributed by atoms with E-state index in [4.69, 9.17) is 0 Å². The molecule has 0 aromatic heterocycles. The van der Waals surface area contributed by atoms with Crippen LogP contribution in [0.25, 0.3) is 0 Å². The maximum Gasteiger partial charge on any atom is 0.191 e. The molecule has 27 heavy (non-hydrogen) atoms. The van der Waals surface area contributed by atoms with Crippen molar-refractivity contribution in [2.45, 2.75) is 63.2 Å². The van der Waals surface area contributed by atoms with E-state index in [2.05, 4.69) is 22.5 Å². The van der Waals surface area contributed by atoms with Crippen molar-refractivity contribution in [3.63, 3.8) is 0 Å². The van der Waals surface area contributed by atoms with E-state index >= 15 is 0 Å². The lowest BCUT2D eigenvalue weighted by molar-refractivity contribution is 0.475. The summed E-state index contributed by atoms with van der Waals surface area (Å²) >= 11 is 0. The fourth-order valence-electron chi connectivity index (χ4n) is 3.61. The molecule has 152 valence electrons. The Morgan fingerprint density at radius 2 is 1.81 bits per heavy atom. The van der Waals surface area contributed by atoms with Crippen LogP contribution in [0.3, 0.4) is 0 Å². The first-order valence-electron chi connectivity index (χ1n) is 10.3. The Bertz CT molecular complexity index is 678. The summed E-state index contributed by atoms with van der Waals surface area (Å²) in [7, 11) is -3.13. The van der Waals surface area contributed by atoms with Crippen LogP contribution in [0.1, 0.15) is 57.4 Å². The quantitative estimate of drug-likeness (QED) is 0.362. The van der Waals surface area contributed by atoms with Crippen molar-refractivity contribution in [1.82, 2.24) is 10.6 Å². The molecule has 0 spiro atoms. The third-order valence-corrected chi connectivity index (χ3v) is 6.30. The molecular formula is C21H35N3O2S. The van der Waals surface area contributed by atoms with Crippen molar-refractivity contribution in [1.29, 1.82) is 0 Å². The third-order valence-electron chi connectivity index (χ3n) is 5.17. The van der Waals surface area contributed by atoms with E-state index in [-0.39, 0.29) is 0 Å². The Morgan fingerprint density at radius 1 is 1.11 bits per heavy atom. The lowest BCUT2D eigenvalue weighted by Gasteiger charge is -2.12. The highest BCUT2D eigenvalue weighted by molar-refractivity contribution is 7.90.